The second-order valence-corrected chi connectivity index (χ2v) is 8.06. The lowest BCUT2D eigenvalue weighted by atomic mass is 10.0. The molecule has 5 rings (SSSR count). The molecule has 5 nitrogen and oxygen atoms in total. The summed E-state index contributed by atoms with van der Waals surface area (Å²) in [5, 5.41) is 2.63. The molecule has 1 fully saturated rings. The Bertz CT molecular complexity index is 1050. The lowest BCUT2D eigenvalue weighted by molar-refractivity contribution is -1.02. The number of carbonyl (C=O) groups excluding carboxylic acids is 2. The number of rotatable bonds is 4. The van der Waals surface area contributed by atoms with Crippen LogP contribution in [-0.4, -0.2) is 49.6 Å². The van der Waals surface area contributed by atoms with E-state index in [1.165, 1.54) is 26.1 Å². The Labute approximate surface area is 170 Å². The molecule has 3 aromatic carbocycles. The number of imide groups is 1. The first-order valence-corrected chi connectivity index (χ1v) is 10.3. The Hall–Kier alpha value is -3.02. The third-order valence-electron chi connectivity index (χ3n) is 6.24. The Morgan fingerprint density at radius 3 is 2.00 bits per heavy atom. The summed E-state index contributed by atoms with van der Waals surface area (Å²) in [6.07, 6.45) is 0. The van der Waals surface area contributed by atoms with Crippen LogP contribution in [0, 0.1) is 0 Å². The van der Waals surface area contributed by atoms with E-state index in [-0.39, 0.29) is 11.8 Å². The standard InChI is InChI=1S/C24H23N3O2/c28-23-21-10-3-4-11-22(21)24(29)27(23)17-26-14-12-25(13-15-26)16-19-8-5-7-18-6-1-2-9-20(18)19/h1-11H,12-17H2/p+2. The molecule has 1 saturated heterocycles. The third kappa shape index (κ3) is 3.33. The van der Waals surface area contributed by atoms with Gasteiger partial charge in [-0.25, -0.2) is 4.90 Å². The highest BCUT2D eigenvalue weighted by Gasteiger charge is 2.38. The molecule has 2 aliphatic heterocycles. The summed E-state index contributed by atoms with van der Waals surface area (Å²) in [6.45, 7) is 5.50. The van der Waals surface area contributed by atoms with Crippen LogP contribution < -0.4 is 9.80 Å². The molecular formula is C24H25N3O2+2. The van der Waals surface area contributed by atoms with Crippen LogP contribution in [0.25, 0.3) is 10.8 Å². The largest absolute Gasteiger partial charge is 0.322 e. The average molecular weight is 387 g/mol. The first-order valence-electron chi connectivity index (χ1n) is 10.3. The molecule has 0 radical (unpaired) electrons. The smallest absolute Gasteiger partial charge is 0.265 e. The fraction of sp³-hybridized carbons (Fsp3) is 0.250. The minimum absolute atomic E-state index is 0.149. The zero-order valence-corrected chi connectivity index (χ0v) is 16.4. The van der Waals surface area contributed by atoms with Crippen LogP contribution in [0.15, 0.2) is 66.7 Å². The molecule has 3 aromatic rings. The zero-order valence-electron chi connectivity index (χ0n) is 16.4. The molecule has 5 heteroatoms. The van der Waals surface area contributed by atoms with Gasteiger partial charge in [0.05, 0.1) is 11.1 Å². The predicted molar refractivity (Wildman–Crippen MR) is 111 cm³/mol. The van der Waals surface area contributed by atoms with Crippen molar-refractivity contribution in [2.75, 3.05) is 32.8 Å². The summed E-state index contributed by atoms with van der Waals surface area (Å²) in [7, 11) is 0. The normalized spacial score (nSPS) is 21.6. The van der Waals surface area contributed by atoms with Gasteiger partial charge in [0.2, 0.25) is 0 Å². The lowest BCUT2D eigenvalue weighted by Gasteiger charge is -2.31. The molecule has 0 aliphatic carbocycles. The van der Waals surface area contributed by atoms with Crippen molar-refractivity contribution in [2.45, 2.75) is 6.54 Å². The molecule has 2 N–H and O–H groups in total. The van der Waals surface area contributed by atoms with Crippen LogP contribution in [0.1, 0.15) is 26.3 Å². The number of carbonyl (C=O) groups is 2. The fourth-order valence-electron chi connectivity index (χ4n) is 4.61. The van der Waals surface area contributed by atoms with Crippen molar-refractivity contribution in [3.8, 4) is 0 Å². The van der Waals surface area contributed by atoms with Crippen molar-refractivity contribution in [3.05, 3.63) is 83.4 Å². The number of hydrogen-bond donors (Lipinski definition) is 2. The van der Waals surface area contributed by atoms with Crippen LogP contribution in [0.5, 0.6) is 0 Å². The van der Waals surface area contributed by atoms with Crippen LogP contribution >= 0.6 is 0 Å². The van der Waals surface area contributed by atoms with Gasteiger partial charge in [-0.2, -0.15) is 0 Å². The van der Waals surface area contributed by atoms with Gasteiger partial charge in [-0.3, -0.25) is 9.59 Å². The number of benzene rings is 3. The fourth-order valence-corrected chi connectivity index (χ4v) is 4.61. The number of fused-ring (bicyclic) bond motifs is 2. The summed E-state index contributed by atoms with van der Waals surface area (Å²) in [5.74, 6) is -0.299. The molecule has 0 atom stereocenters. The highest BCUT2D eigenvalue weighted by molar-refractivity contribution is 6.21. The van der Waals surface area contributed by atoms with E-state index in [1.807, 2.05) is 12.1 Å². The van der Waals surface area contributed by atoms with E-state index >= 15 is 0 Å². The maximum absolute atomic E-state index is 12.6. The van der Waals surface area contributed by atoms with Gasteiger partial charge in [0.1, 0.15) is 32.7 Å². The van der Waals surface area contributed by atoms with Gasteiger partial charge in [-0.1, -0.05) is 54.6 Å². The van der Waals surface area contributed by atoms with Gasteiger partial charge in [-0.05, 0) is 22.9 Å². The van der Waals surface area contributed by atoms with Gasteiger partial charge in [0, 0.05) is 5.56 Å². The van der Waals surface area contributed by atoms with E-state index in [0.29, 0.717) is 17.8 Å². The lowest BCUT2D eigenvalue weighted by Crippen LogP contribution is -3.28. The van der Waals surface area contributed by atoms with Gasteiger partial charge in [0.25, 0.3) is 11.8 Å². The molecule has 2 aliphatic rings. The van der Waals surface area contributed by atoms with E-state index in [4.69, 9.17) is 0 Å². The van der Waals surface area contributed by atoms with E-state index < -0.39 is 0 Å². The van der Waals surface area contributed by atoms with Crippen molar-refractivity contribution in [1.82, 2.24) is 4.90 Å². The van der Waals surface area contributed by atoms with Crippen molar-refractivity contribution in [3.63, 3.8) is 0 Å². The van der Waals surface area contributed by atoms with Gasteiger partial charge < -0.3 is 9.80 Å². The van der Waals surface area contributed by atoms with Crippen molar-refractivity contribution >= 4 is 22.6 Å². The predicted octanol–water partition coefficient (Wildman–Crippen LogP) is 0.377. The summed E-state index contributed by atoms with van der Waals surface area (Å²) in [6, 6.07) is 22.2. The SMILES string of the molecule is O=C1c2ccccc2C(=O)N1C[NH+]1CC[NH+](Cc2cccc3ccccc23)CC1. The van der Waals surface area contributed by atoms with Gasteiger partial charge in [0.15, 0.2) is 6.67 Å². The Kier molecular flexibility index (Phi) is 4.62. The summed E-state index contributed by atoms with van der Waals surface area (Å²) >= 11 is 0. The third-order valence-corrected chi connectivity index (χ3v) is 6.24. The number of nitrogens with one attached hydrogen (secondary N) is 2. The molecule has 29 heavy (non-hydrogen) atoms. The number of piperazine rings is 1. The number of amides is 2. The molecule has 2 amide bonds. The maximum Gasteiger partial charge on any atom is 0.265 e. The van der Waals surface area contributed by atoms with Crippen LogP contribution in [0.2, 0.25) is 0 Å². The number of nitrogens with zero attached hydrogens (tertiary/aromatic N) is 1. The quantitative estimate of drug-likeness (QED) is 0.636. The Balaban J connectivity index is 1.21. The monoisotopic (exact) mass is 387 g/mol. The van der Waals surface area contributed by atoms with E-state index in [9.17, 15) is 9.59 Å². The highest BCUT2D eigenvalue weighted by Crippen LogP contribution is 2.21. The van der Waals surface area contributed by atoms with Crippen LogP contribution in [0.4, 0.5) is 0 Å². The minimum Gasteiger partial charge on any atom is -0.322 e. The van der Waals surface area contributed by atoms with Crippen molar-refractivity contribution in [1.29, 1.82) is 0 Å². The molecule has 0 unspecified atom stereocenters. The Morgan fingerprint density at radius 2 is 1.28 bits per heavy atom. The van der Waals surface area contributed by atoms with E-state index in [1.54, 1.807) is 17.0 Å². The maximum atomic E-state index is 12.6. The summed E-state index contributed by atoms with van der Waals surface area (Å²) in [4.78, 5) is 29.5. The first kappa shape index (κ1) is 18.0. The Morgan fingerprint density at radius 1 is 0.690 bits per heavy atom. The molecule has 2 heterocycles. The molecule has 146 valence electrons. The highest BCUT2D eigenvalue weighted by atomic mass is 16.2. The molecular weight excluding hydrogens is 362 g/mol. The average Bonchev–Trinajstić information content (AvgIpc) is 3.00. The van der Waals surface area contributed by atoms with Crippen molar-refractivity contribution in [2.24, 2.45) is 0 Å². The first-order chi connectivity index (χ1) is 14.2. The number of quaternary nitrogens is 2. The van der Waals surface area contributed by atoms with Crippen LogP contribution in [0.3, 0.4) is 0 Å². The van der Waals surface area contributed by atoms with E-state index in [2.05, 4.69) is 42.5 Å². The van der Waals surface area contributed by atoms with Crippen molar-refractivity contribution < 1.29 is 19.4 Å². The number of hydrogen-bond acceptors (Lipinski definition) is 2. The molecule has 0 spiro atoms. The molecule has 0 bridgehead atoms. The molecule has 0 saturated carbocycles. The summed E-state index contributed by atoms with van der Waals surface area (Å²) < 4.78 is 0. The topological polar surface area (TPSA) is 46.3 Å². The van der Waals surface area contributed by atoms with Gasteiger partial charge in [-0.15, -0.1) is 0 Å². The van der Waals surface area contributed by atoms with E-state index in [0.717, 1.165) is 32.7 Å². The van der Waals surface area contributed by atoms with Gasteiger partial charge >= 0.3 is 0 Å². The molecule has 0 aromatic heterocycles. The summed E-state index contributed by atoms with van der Waals surface area (Å²) in [5.41, 5.74) is 2.47. The van der Waals surface area contributed by atoms with Crippen LogP contribution in [-0.2, 0) is 6.54 Å². The second kappa shape index (κ2) is 7.43. The zero-order chi connectivity index (χ0) is 19.8. The second-order valence-electron chi connectivity index (χ2n) is 8.06. The minimum atomic E-state index is -0.149.